The standard InChI is InChI=1S/C36H28ClNO2/c1-2-40-36(39)35-27-10-6-4-8-24(27)21-33(38-35)32-20-18-30-29-16-13-22-7-3-5-9-26(22)28(29)17-19-31(30)34(32)23-11-14-25(37)15-12-23/h3-17,19,21,32,34H,2,18,20H2,1H3. The molecule has 40 heavy (non-hydrogen) atoms. The van der Waals surface area contributed by atoms with Gasteiger partial charge in [0.15, 0.2) is 5.69 Å². The molecule has 5 aromatic carbocycles. The summed E-state index contributed by atoms with van der Waals surface area (Å²) in [5.74, 6) is -0.220. The van der Waals surface area contributed by atoms with E-state index in [1.165, 1.54) is 38.2 Å². The van der Waals surface area contributed by atoms with E-state index in [2.05, 4.69) is 72.8 Å². The number of aryl methyl sites for hydroxylation is 1. The maximum atomic E-state index is 13.0. The molecule has 1 aliphatic rings. The Labute approximate surface area is 238 Å². The van der Waals surface area contributed by atoms with E-state index in [1.807, 2.05) is 37.3 Å². The summed E-state index contributed by atoms with van der Waals surface area (Å²) in [6, 6.07) is 36.0. The number of nitrogens with zero attached hydrogens (tertiary/aromatic N) is 1. The van der Waals surface area contributed by atoms with Crippen LogP contribution in [0, 0.1) is 0 Å². The first-order valence-corrected chi connectivity index (χ1v) is 14.3. The summed E-state index contributed by atoms with van der Waals surface area (Å²) in [5.41, 5.74) is 5.22. The number of ether oxygens (including phenoxy) is 1. The van der Waals surface area contributed by atoms with Gasteiger partial charge in [0.05, 0.1) is 6.61 Å². The van der Waals surface area contributed by atoms with Crippen LogP contribution in [-0.4, -0.2) is 17.6 Å². The lowest BCUT2D eigenvalue weighted by Gasteiger charge is -2.35. The Morgan fingerprint density at radius 2 is 1.55 bits per heavy atom. The van der Waals surface area contributed by atoms with Crippen LogP contribution in [0.15, 0.2) is 103 Å². The van der Waals surface area contributed by atoms with Gasteiger partial charge in [0.25, 0.3) is 0 Å². The average Bonchev–Trinajstić information content (AvgIpc) is 3.00. The van der Waals surface area contributed by atoms with Crippen molar-refractivity contribution in [3.05, 3.63) is 136 Å². The molecule has 3 nitrogen and oxygen atoms in total. The van der Waals surface area contributed by atoms with Crippen molar-refractivity contribution in [1.29, 1.82) is 0 Å². The van der Waals surface area contributed by atoms with Crippen LogP contribution < -0.4 is 0 Å². The molecule has 1 aliphatic carbocycles. The lowest BCUT2D eigenvalue weighted by Crippen LogP contribution is -2.22. The van der Waals surface area contributed by atoms with Crippen LogP contribution in [0.25, 0.3) is 32.3 Å². The van der Waals surface area contributed by atoms with Gasteiger partial charge in [-0.05, 0) is 81.6 Å². The normalized spacial score (nSPS) is 16.8. The largest absolute Gasteiger partial charge is 0.461 e. The van der Waals surface area contributed by atoms with Gasteiger partial charge >= 0.3 is 5.97 Å². The molecule has 2 unspecified atom stereocenters. The number of carbonyl (C=O) groups excluding carboxylic acids is 1. The minimum absolute atomic E-state index is 0.0700. The van der Waals surface area contributed by atoms with Crippen molar-refractivity contribution in [3.8, 4) is 0 Å². The minimum atomic E-state index is -0.377. The Morgan fingerprint density at radius 3 is 2.35 bits per heavy atom. The van der Waals surface area contributed by atoms with E-state index in [1.54, 1.807) is 0 Å². The van der Waals surface area contributed by atoms with Crippen molar-refractivity contribution in [3.63, 3.8) is 0 Å². The molecule has 0 saturated heterocycles. The molecule has 2 atom stereocenters. The monoisotopic (exact) mass is 541 g/mol. The average molecular weight is 542 g/mol. The molecule has 0 spiro atoms. The number of pyridine rings is 1. The number of aromatic nitrogens is 1. The van der Waals surface area contributed by atoms with Crippen LogP contribution >= 0.6 is 11.6 Å². The van der Waals surface area contributed by atoms with Gasteiger partial charge in [-0.1, -0.05) is 96.5 Å². The molecular formula is C36H28ClNO2. The Bertz CT molecular complexity index is 1910. The van der Waals surface area contributed by atoms with Gasteiger partial charge in [-0.2, -0.15) is 0 Å². The molecule has 1 heterocycles. The smallest absolute Gasteiger partial charge is 0.357 e. The van der Waals surface area contributed by atoms with Crippen molar-refractivity contribution in [1.82, 2.24) is 4.98 Å². The molecule has 196 valence electrons. The number of carbonyl (C=O) groups is 1. The third-order valence-electron chi connectivity index (χ3n) is 8.35. The molecule has 1 aromatic heterocycles. The highest BCUT2D eigenvalue weighted by molar-refractivity contribution is 6.30. The second-order valence-electron chi connectivity index (χ2n) is 10.5. The van der Waals surface area contributed by atoms with E-state index in [0.29, 0.717) is 12.3 Å². The van der Waals surface area contributed by atoms with E-state index in [9.17, 15) is 4.79 Å². The lowest BCUT2D eigenvalue weighted by atomic mass is 9.69. The second kappa shape index (κ2) is 10.1. The van der Waals surface area contributed by atoms with Crippen LogP contribution in [0.4, 0.5) is 0 Å². The molecule has 7 rings (SSSR count). The number of rotatable bonds is 4. The number of esters is 1. The summed E-state index contributed by atoms with van der Waals surface area (Å²) < 4.78 is 5.43. The number of fused-ring (bicyclic) bond motifs is 6. The number of hydrogen-bond acceptors (Lipinski definition) is 3. The summed E-state index contributed by atoms with van der Waals surface area (Å²) in [7, 11) is 0. The van der Waals surface area contributed by atoms with Crippen molar-refractivity contribution in [2.24, 2.45) is 0 Å². The highest BCUT2D eigenvalue weighted by atomic mass is 35.5. The van der Waals surface area contributed by atoms with Crippen LogP contribution in [0.3, 0.4) is 0 Å². The zero-order valence-corrected chi connectivity index (χ0v) is 23.0. The van der Waals surface area contributed by atoms with Crippen LogP contribution in [-0.2, 0) is 11.2 Å². The zero-order valence-electron chi connectivity index (χ0n) is 22.2. The summed E-state index contributed by atoms with van der Waals surface area (Å²) in [5, 5.41) is 7.68. The van der Waals surface area contributed by atoms with Crippen molar-refractivity contribution < 1.29 is 9.53 Å². The Balaban J connectivity index is 1.44. The molecular weight excluding hydrogens is 514 g/mol. The first-order chi connectivity index (χ1) is 19.6. The summed E-state index contributed by atoms with van der Waals surface area (Å²) in [6.07, 6.45) is 1.85. The lowest BCUT2D eigenvalue weighted by molar-refractivity contribution is 0.0521. The van der Waals surface area contributed by atoms with Crippen molar-refractivity contribution in [2.75, 3.05) is 6.61 Å². The Morgan fingerprint density at radius 1 is 0.825 bits per heavy atom. The maximum absolute atomic E-state index is 13.0. The Hall–Kier alpha value is -4.21. The van der Waals surface area contributed by atoms with E-state index in [-0.39, 0.29) is 17.8 Å². The van der Waals surface area contributed by atoms with Crippen molar-refractivity contribution >= 4 is 49.9 Å². The van der Waals surface area contributed by atoms with E-state index in [4.69, 9.17) is 21.3 Å². The number of hydrogen-bond donors (Lipinski definition) is 0. The fourth-order valence-electron chi connectivity index (χ4n) is 6.59. The number of halogens is 1. The molecule has 0 bridgehead atoms. The van der Waals surface area contributed by atoms with E-state index in [0.717, 1.165) is 34.3 Å². The molecule has 0 radical (unpaired) electrons. The van der Waals surface area contributed by atoms with Crippen molar-refractivity contribution in [2.45, 2.75) is 31.6 Å². The van der Waals surface area contributed by atoms with Gasteiger partial charge in [0.1, 0.15) is 0 Å². The van der Waals surface area contributed by atoms with Gasteiger partial charge in [0, 0.05) is 27.9 Å². The van der Waals surface area contributed by atoms with Gasteiger partial charge in [0.2, 0.25) is 0 Å². The zero-order chi connectivity index (χ0) is 27.2. The molecule has 4 heteroatoms. The fraction of sp³-hybridized carbons (Fsp3) is 0.167. The minimum Gasteiger partial charge on any atom is -0.461 e. The van der Waals surface area contributed by atoms with E-state index >= 15 is 0 Å². The highest BCUT2D eigenvalue weighted by Crippen LogP contribution is 2.48. The third kappa shape index (κ3) is 4.13. The SMILES string of the molecule is CCOC(=O)c1nc(C2CCc3c(ccc4c3ccc3ccccc34)C2c2ccc(Cl)cc2)cc2ccccc12. The first-order valence-electron chi connectivity index (χ1n) is 13.9. The Kier molecular flexibility index (Phi) is 6.25. The predicted octanol–water partition coefficient (Wildman–Crippen LogP) is 9.23. The van der Waals surface area contributed by atoms with Crippen LogP contribution in [0.2, 0.25) is 5.02 Å². The molecule has 0 amide bonds. The first kappa shape index (κ1) is 24.8. The molecule has 0 N–H and O–H groups in total. The van der Waals surface area contributed by atoms with Gasteiger partial charge in [-0.15, -0.1) is 0 Å². The molecule has 0 fully saturated rings. The fourth-order valence-corrected chi connectivity index (χ4v) is 6.71. The predicted molar refractivity (Wildman–Crippen MR) is 164 cm³/mol. The third-order valence-corrected chi connectivity index (χ3v) is 8.61. The quantitative estimate of drug-likeness (QED) is 0.165. The van der Waals surface area contributed by atoms with Gasteiger partial charge < -0.3 is 4.74 Å². The maximum Gasteiger partial charge on any atom is 0.357 e. The summed E-state index contributed by atoms with van der Waals surface area (Å²) in [4.78, 5) is 18.0. The van der Waals surface area contributed by atoms with Crippen LogP contribution in [0.5, 0.6) is 0 Å². The van der Waals surface area contributed by atoms with Gasteiger partial charge in [-0.3, -0.25) is 0 Å². The van der Waals surface area contributed by atoms with E-state index < -0.39 is 0 Å². The number of benzene rings is 5. The van der Waals surface area contributed by atoms with Crippen LogP contribution in [0.1, 0.15) is 58.1 Å². The summed E-state index contributed by atoms with van der Waals surface area (Å²) >= 11 is 6.32. The highest BCUT2D eigenvalue weighted by Gasteiger charge is 2.34. The molecule has 6 aromatic rings. The molecule has 0 aliphatic heterocycles. The summed E-state index contributed by atoms with van der Waals surface area (Å²) in [6.45, 7) is 2.14. The second-order valence-corrected chi connectivity index (χ2v) is 11.0. The topological polar surface area (TPSA) is 39.2 Å². The molecule has 0 saturated carbocycles. The van der Waals surface area contributed by atoms with Gasteiger partial charge in [-0.25, -0.2) is 9.78 Å².